The van der Waals surface area contributed by atoms with Crippen LogP contribution in [-0.4, -0.2) is 55.5 Å². The molecule has 0 amide bonds. The molecular formula is C20H32N2O3. The van der Waals surface area contributed by atoms with Crippen LogP contribution in [0.1, 0.15) is 37.8 Å². The Morgan fingerprint density at radius 3 is 2.84 bits per heavy atom. The van der Waals surface area contributed by atoms with Crippen LogP contribution in [0.4, 0.5) is 0 Å². The topological polar surface area (TPSA) is 54.0 Å². The predicted molar refractivity (Wildman–Crippen MR) is 99.4 cm³/mol. The molecular weight excluding hydrogens is 316 g/mol. The lowest BCUT2D eigenvalue weighted by atomic mass is 9.96. The van der Waals surface area contributed by atoms with E-state index >= 15 is 0 Å². The van der Waals surface area contributed by atoms with Gasteiger partial charge in [-0.2, -0.15) is 0 Å². The minimum atomic E-state index is 0.261. The Balaban J connectivity index is 1.52. The summed E-state index contributed by atoms with van der Waals surface area (Å²) in [5.74, 6) is 2.73. The van der Waals surface area contributed by atoms with Crippen molar-refractivity contribution >= 4 is 0 Å². The number of rotatable bonds is 8. The lowest BCUT2D eigenvalue weighted by Crippen LogP contribution is -2.38. The summed E-state index contributed by atoms with van der Waals surface area (Å²) < 4.78 is 11.8. The van der Waals surface area contributed by atoms with Crippen LogP contribution in [0.25, 0.3) is 0 Å². The van der Waals surface area contributed by atoms with Gasteiger partial charge in [0.2, 0.25) is 0 Å². The Kier molecular flexibility index (Phi) is 6.57. The van der Waals surface area contributed by atoms with Crippen LogP contribution in [0.3, 0.4) is 0 Å². The molecule has 3 rings (SSSR count). The van der Waals surface area contributed by atoms with E-state index in [-0.39, 0.29) is 12.7 Å². The zero-order valence-electron chi connectivity index (χ0n) is 15.6. The minimum absolute atomic E-state index is 0.261. The highest BCUT2D eigenvalue weighted by Crippen LogP contribution is 2.35. The number of benzene rings is 1. The third-order valence-corrected chi connectivity index (χ3v) is 5.25. The average molecular weight is 348 g/mol. The van der Waals surface area contributed by atoms with Gasteiger partial charge in [-0.15, -0.1) is 0 Å². The molecule has 0 aliphatic carbocycles. The van der Waals surface area contributed by atoms with Crippen LogP contribution in [0, 0.1) is 5.92 Å². The van der Waals surface area contributed by atoms with Gasteiger partial charge in [0.05, 0.1) is 13.2 Å². The van der Waals surface area contributed by atoms with Crippen molar-refractivity contribution in [2.45, 2.75) is 45.8 Å². The second-order valence-corrected chi connectivity index (χ2v) is 7.27. The highest BCUT2D eigenvalue weighted by Gasteiger charge is 2.22. The highest BCUT2D eigenvalue weighted by atomic mass is 16.5. The first-order chi connectivity index (χ1) is 12.2. The van der Waals surface area contributed by atoms with Crippen LogP contribution in [0.5, 0.6) is 11.5 Å². The van der Waals surface area contributed by atoms with Gasteiger partial charge in [-0.25, -0.2) is 0 Å². The minimum Gasteiger partial charge on any atom is -0.494 e. The van der Waals surface area contributed by atoms with Crippen LogP contribution in [-0.2, 0) is 13.0 Å². The number of hydrogen-bond donors (Lipinski definition) is 2. The molecule has 5 heteroatoms. The van der Waals surface area contributed by atoms with Gasteiger partial charge < -0.3 is 24.8 Å². The Morgan fingerprint density at radius 2 is 2.12 bits per heavy atom. The Bertz CT molecular complexity index is 556. The fraction of sp³-hybridized carbons (Fsp3) is 0.700. The molecule has 2 aliphatic rings. The summed E-state index contributed by atoms with van der Waals surface area (Å²) >= 11 is 0. The first kappa shape index (κ1) is 18.5. The second-order valence-electron chi connectivity index (χ2n) is 7.27. The Labute approximate surface area is 151 Å². The summed E-state index contributed by atoms with van der Waals surface area (Å²) in [7, 11) is 0. The van der Waals surface area contributed by atoms with Gasteiger partial charge in [-0.1, -0.05) is 0 Å². The lowest BCUT2D eigenvalue weighted by molar-refractivity contribution is 0.146. The molecule has 2 aliphatic heterocycles. The van der Waals surface area contributed by atoms with Crippen molar-refractivity contribution in [2.24, 2.45) is 5.92 Å². The van der Waals surface area contributed by atoms with Gasteiger partial charge >= 0.3 is 0 Å². The van der Waals surface area contributed by atoms with Crippen molar-refractivity contribution in [3.63, 3.8) is 0 Å². The van der Waals surface area contributed by atoms with Crippen molar-refractivity contribution in [1.29, 1.82) is 0 Å². The molecule has 0 saturated carbocycles. The van der Waals surface area contributed by atoms with Crippen molar-refractivity contribution < 1.29 is 14.6 Å². The second kappa shape index (κ2) is 8.88. The standard InChI is InChI=1S/C20H32N2O3/c1-3-24-19-11-17-10-15(2)25-20(17)12-18(19)14-21-13-16-4-6-22(7-5-16)8-9-23/h11-12,15-16,21,23H,3-10,13-14H2,1-2H3. The third-order valence-electron chi connectivity index (χ3n) is 5.25. The number of hydrogen-bond acceptors (Lipinski definition) is 5. The molecule has 1 atom stereocenters. The zero-order valence-corrected chi connectivity index (χ0v) is 15.6. The van der Waals surface area contributed by atoms with Gasteiger partial charge in [-0.05, 0) is 64.4 Å². The fourth-order valence-electron chi connectivity index (χ4n) is 3.88. The van der Waals surface area contributed by atoms with Crippen LogP contribution in [0.15, 0.2) is 12.1 Å². The quantitative estimate of drug-likeness (QED) is 0.754. The van der Waals surface area contributed by atoms with E-state index in [4.69, 9.17) is 14.6 Å². The molecule has 1 aromatic carbocycles. The van der Waals surface area contributed by atoms with Crippen LogP contribution in [0.2, 0.25) is 0 Å². The zero-order chi connectivity index (χ0) is 17.6. The molecule has 2 heterocycles. The van der Waals surface area contributed by atoms with E-state index in [1.807, 2.05) is 6.92 Å². The Hall–Kier alpha value is -1.30. The summed E-state index contributed by atoms with van der Waals surface area (Å²) in [5, 5.41) is 12.6. The summed E-state index contributed by atoms with van der Waals surface area (Å²) in [4.78, 5) is 2.35. The number of aliphatic hydroxyl groups is 1. The number of likely N-dealkylation sites (tertiary alicyclic amines) is 1. The van der Waals surface area contributed by atoms with Gasteiger partial charge in [-0.3, -0.25) is 0 Å². The van der Waals surface area contributed by atoms with E-state index in [0.717, 1.165) is 56.6 Å². The maximum atomic E-state index is 9.03. The molecule has 1 aromatic rings. The number of nitrogens with zero attached hydrogens (tertiary/aromatic N) is 1. The van der Waals surface area contributed by atoms with E-state index in [1.165, 1.54) is 24.0 Å². The van der Waals surface area contributed by atoms with Crippen LogP contribution >= 0.6 is 0 Å². The number of β-amino-alcohol motifs (C(OH)–C–C–N with tert-alkyl or cyclic N) is 1. The first-order valence-corrected chi connectivity index (χ1v) is 9.68. The van der Waals surface area contributed by atoms with E-state index in [0.29, 0.717) is 6.61 Å². The largest absolute Gasteiger partial charge is 0.494 e. The van der Waals surface area contributed by atoms with Crippen molar-refractivity contribution in [1.82, 2.24) is 10.2 Å². The average Bonchev–Trinajstić information content (AvgIpc) is 2.96. The van der Waals surface area contributed by atoms with Gasteiger partial charge in [0, 0.05) is 30.6 Å². The fourth-order valence-corrected chi connectivity index (χ4v) is 3.88. The number of ether oxygens (including phenoxy) is 2. The molecule has 0 bridgehead atoms. The number of aliphatic hydroxyl groups excluding tert-OH is 1. The molecule has 1 saturated heterocycles. The maximum absolute atomic E-state index is 9.03. The molecule has 140 valence electrons. The molecule has 25 heavy (non-hydrogen) atoms. The van der Waals surface area contributed by atoms with E-state index in [2.05, 4.69) is 29.3 Å². The summed E-state index contributed by atoms with van der Waals surface area (Å²) in [6, 6.07) is 4.31. The van der Waals surface area contributed by atoms with E-state index in [1.54, 1.807) is 0 Å². The van der Waals surface area contributed by atoms with Crippen molar-refractivity contribution in [3.8, 4) is 11.5 Å². The smallest absolute Gasteiger partial charge is 0.124 e. The van der Waals surface area contributed by atoms with Crippen LogP contribution < -0.4 is 14.8 Å². The molecule has 0 aromatic heterocycles. The SMILES string of the molecule is CCOc1cc2c(cc1CNCC1CCN(CCO)CC1)OC(C)C2. The third kappa shape index (κ3) is 4.87. The van der Waals surface area contributed by atoms with Gasteiger partial charge in [0.1, 0.15) is 17.6 Å². The Morgan fingerprint density at radius 1 is 1.32 bits per heavy atom. The highest BCUT2D eigenvalue weighted by molar-refractivity contribution is 5.48. The molecule has 1 fully saturated rings. The molecule has 2 N–H and O–H groups in total. The van der Waals surface area contributed by atoms with E-state index in [9.17, 15) is 0 Å². The first-order valence-electron chi connectivity index (χ1n) is 9.68. The predicted octanol–water partition coefficient (Wildman–Crippen LogP) is 2.20. The van der Waals surface area contributed by atoms with Crippen molar-refractivity contribution in [2.75, 3.05) is 39.4 Å². The normalized spacial score (nSPS) is 21.2. The molecule has 1 unspecified atom stereocenters. The molecule has 5 nitrogen and oxygen atoms in total. The molecule has 0 radical (unpaired) electrons. The number of fused-ring (bicyclic) bond motifs is 1. The lowest BCUT2D eigenvalue weighted by Gasteiger charge is -2.31. The maximum Gasteiger partial charge on any atom is 0.124 e. The van der Waals surface area contributed by atoms with E-state index < -0.39 is 0 Å². The number of piperidine rings is 1. The number of nitrogens with one attached hydrogen (secondary N) is 1. The summed E-state index contributed by atoms with van der Waals surface area (Å²) in [6.45, 7) is 9.96. The van der Waals surface area contributed by atoms with Gasteiger partial charge in [0.15, 0.2) is 0 Å². The van der Waals surface area contributed by atoms with Gasteiger partial charge in [0.25, 0.3) is 0 Å². The summed E-state index contributed by atoms with van der Waals surface area (Å²) in [5.41, 5.74) is 2.45. The monoisotopic (exact) mass is 348 g/mol. The summed E-state index contributed by atoms with van der Waals surface area (Å²) in [6.07, 6.45) is 3.64. The molecule has 0 spiro atoms. The van der Waals surface area contributed by atoms with Crippen molar-refractivity contribution in [3.05, 3.63) is 23.3 Å².